The highest BCUT2D eigenvalue weighted by molar-refractivity contribution is 7.89. The summed E-state index contributed by atoms with van der Waals surface area (Å²) in [4.78, 5) is 22.1. The molecule has 1 aromatic heterocycles. The summed E-state index contributed by atoms with van der Waals surface area (Å²) < 4.78 is 80.4. The van der Waals surface area contributed by atoms with Crippen LogP contribution in [-0.4, -0.2) is 47.7 Å². The van der Waals surface area contributed by atoms with Crippen LogP contribution in [0.3, 0.4) is 0 Å². The molecule has 0 unspecified atom stereocenters. The Bertz CT molecular complexity index is 1830. The van der Waals surface area contributed by atoms with Gasteiger partial charge < -0.3 is 10.6 Å². The van der Waals surface area contributed by atoms with Crippen molar-refractivity contribution < 1.29 is 30.8 Å². The van der Waals surface area contributed by atoms with E-state index in [9.17, 15) is 30.8 Å². The van der Waals surface area contributed by atoms with Gasteiger partial charge in [-0.25, -0.2) is 22.8 Å². The zero-order valence-corrected chi connectivity index (χ0v) is 26.3. The van der Waals surface area contributed by atoms with Crippen molar-refractivity contribution >= 4 is 45.1 Å². The maximum atomic E-state index is 13.4. The molecule has 15 heteroatoms. The van der Waals surface area contributed by atoms with Gasteiger partial charge in [-0.1, -0.05) is 41.4 Å². The van der Waals surface area contributed by atoms with Crippen LogP contribution in [-0.2, 0) is 34.0 Å². The number of amides is 1. The standard InChI is InChI=1S/C31H27Cl2F4N5O3S/c32-22-8-5-19(26(33)16-22)13-14-38-30-40-24(17-27(41-30)20-3-6-21(7-4-20)31(35,36)37)18-39-29(43)28-2-1-15-42(28)46(44,45)25-11-9-23(34)10-12-25/h3-12,16-17,28H,1-2,13-15,18H2,(H,39,43)(H,38,40,41)/t28-/m0/s1. The second-order valence-electron chi connectivity index (χ2n) is 10.5. The molecule has 5 rings (SSSR count). The second kappa shape index (κ2) is 13.9. The quantitative estimate of drug-likeness (QED) is 0.178. The lowest BCUT2D eigenvalue weighted by Gasteiger charge is -2.23. The molecule has 3 aromatic carbocycles. The second-order valence-corrected chi connectivity index (χ2v) is 13.2. The Hall–Kier alpha value is -3.78. The molecule has 0 spiro atoms. The van der Waals surface area contributed by atoms with E-state index in [2.05, 4.69) is 20.6 Å². The van der Waals surface area contributed by atoms with Gasteiger partial charge in [-0.05, 0) is 79.4 Å². The fourth-order valence-corrected chi connectivity index (χ4v) is 7.17. The van der Waals surface area contributed by atoms with Gasteiger partial charge in [0, 0.05) is 28.7 Å². The van der Waals surface area contributed by atoms with Crippen molar-refractivity contribution in [1.29, 1.82) is 0 Å². The van der Waals surface area contributed by atoms with Crippen LogP contribution in [0.1, 0.15) is 29.7 Å². The minimum absolute atomic E-state index is 0.117. The third-order valence-corrected chi connectivity index (χ3v) is 9.86. The number of carbonyl (C=O) groups excluding carboxylic acids is 1. The average molecular weight is 697 g/mol. The van der Waals surface area contributed by atoms with Crippen molar-refractivity contribution in [2.75, 3.05) is 18.4 Å². The molecule has 1 aliphatic heterocycles. The first-order valence-corrected chi connectivity index (χ1v) is 16.3. The summed E-state index contributed by atoms with van der Waals surface area (Å²) in [7, 11) is -4.06. The molecule has 2 heterocycles. The highest BCUT2D eigenvalue weighted by Gasteiger charge is 2.39. The van der Waals surface area contributed by atoms with Crippen LogP contribution >= 0.6 is 23.2 Å². The molecule has 1 atom stereocenters. The number of hydrogen-bond acceptors (Lipinski definition) is 6. The summed E-state index contributed by atoms with van der Waals surface area (Å²) in [6, 6.07) is 14.5. The number of nitrogens with one attached hydrogen (secondary N) is 2. The lowest BCUT2D eigenvalue weighted by molar-refractivity contribution is -0.137. The number of alkyl halides is 3. The molecule has 4 aromatic rings. The number of nitrogens with zero attached hydrogens (tertiary/aromatic N) is 3. The van der Waals surface area contributed by atoms with Crippen LogP contribution in [0.5, 0.6) is 0 Å². The molecule has 0 bridgehead atoms. The van der Waals surface area contributed by atoms with Crippen LogP contribution < -0.4 is 10.6 Å². The Morgan fingerprint density at radius 3 is 2.37 bits per heavy atom. The van der Waals surface area contributed by atoms with Crippen molar-refractivity contribution in [2.24, 2.45) is 0 Å². The Labute approximate surface area is 272 Å². The fraction of sp³-hybridized carbons (Fsp3) is 0.258. The zero-order valence-electron chi connectivity index (χ0n) is 24.0. The molecule has 8 nitrogen and oxygen atoms in total. The van der Waals surface area contributed by atoms with Crippen LogP contribution in [0, 0.1) is 5.82 Å². The Kier molecular flexibility index (Phi) is 10.2. The summed E-state index contributed by atoms with van der Waals surface area (Å²) in [5.41, 5.74) is 1.03. The SMILES string of the molecule is O=C(NCc1cc(-c2ccc(C(F)(F)F)cc2)nc(NCCc2ccc(Cl)cc2Cl)n1)[C@@H]1CCCN1S(=O)(=O)c1ccc(F)cc1. The zero-order chi connectivity index (χ0) is 33.1. The van der Waals surface area contributed by atoms with Gasteiger partial charge in [-0.15, -0.1) is 0 Å². The van der Waals surface area contributed by atoms with Crippen molar-refractivity contribution in [2.45, 2.75) is 42.9 Å². The van der Waals surface area contributed by atoms with Crippen LogP contribution in [0.25, 0.3) is 11.3 Å². The predicted octanol–water partition coefficient (Wildman–Crippen LogP) is 6.73. The van der Waals surface area contributed by atoms with Crippen molar-refractivity contribution in [1.82, 2.24) is 19.6 Å². The monoisotopic (exact) mass is 695 g/mol. The molecule has 1 fully saturated rings. The first kappa shape index (κ1) is 33.6. The van der Waals surface area contributed by atoms with Gasteiger partial charge in [0.15, 0.2) is 0 Å². The van der Waals surface area contributed by atoms with Gasteiger partial charge in [0.2, 0.25) is 21.9 Å². The Morgan fingerprint density at radius 1 is 0.978 bits per heavy atom. The van der Waals surface area contributed by atoms with E-state index in [0.717, 1.165) is 46.3 Å². The van der Waals surface area contributed by atoms with Gasteiger partial charge in [0.25, 0.3) is 0 Å². The van der Waals surface area contributed by atoms with Gasteiger partial charge >= 0.3 is 6.18 Å². The molecule has 2 N–H and O–H groups in total. The van der Waals surface area contributed by atoms with E-state index in [0.29, 0.717) is 46.4 Å². The van der Waals surface area contributed by atoms with E-state index in [1.165, 1.54) is 18.2 Å². The van der Waals surface area contributed by atoms with Gasteiger partial charge in [0.05, 0.1) is 28.4 Å². The average Bonchev–Trinajstić information content (AvgIpc) is 3.52. The molecular weight excluding hydrogens is 669 g/mol. The van der Waals surface area contributed by atoms with Crippen molar-refractivity contribution in [3.05, 3.63) is 105 Å². The van der Waals surface area contributed by atoms with Gasteiger partial charge in [-0.3, -0.25) is 4.79 Å². The van der Waals surface area contributed by atoms with Crippen LogP contribution in [0.4, 0.5) is 23.5 Å². The minimum Gasteiger partial charge on any atom is -0.354 e. The first-order valence-electron chi connectivity index (χ1n) is 14.1. The molecule has 0 radical (unpaired) electrons. The van der Waals surface area contributed by atoms with E-state index < -0.39 is 39.5 Å². The number of halogens is 6. The molecule has 242 valence electrons. The van der Waals surface area contributed by atoms with E-state index >= 15 is 0 Å². The maximum absolute atomic E-state index is 13.4. The van der Waals surface area contributed by atoms with Crippen molar-refractivity contribution in [3.63, 3.8) is 0 Å². The molecule has 1 saturated heterocycles. The number of rotatable bonds is 10. The number of anilines is 1. The summed E-state index contributed by atoms with van der Waals surface area (Å²) >= 11 is 12.2. The number of carbonyl (C=O) groups is 1. The largest absolute Gasteiger partial charge is 0.416 e. The summed E-state index contributed by atoms with van der Waals surface area (Å²) in [6.45, 7) is 0.352. The smallest absolute Gasteiger partial charge is 0.354 e. The van der Waals surface area contributed by atoms with E-state index in [-0.39, 0.29) is 30.4 Å². The summed E-state index contributed by atoms with van der Waals surface area (Å²) in [5.74, 6) is -0.976. The maximum Gasteiger partial charge on any atom is 0.416 e. The number of aromatic nitrogens is 2. The lowest BCUT2D eigenvalue weighted by atomic mass is 10.1. The molecule has 46 heavy (non-hydrogen) atoms. The lowest BCUT2D eigenvalue weighted by Crippen LogP contribution is -2.45. The Balaban J connectivity index is 1.34. The highest BCUT2D eigenvalue weighted by Crippen LogP contribution is 2.31. The van der Waals surface area contributed by atoms with E-state index in [4.69, 9.17) is 23.2 Å². The fourth-order valence-electron chi connectivity index (χ4n) is 5.01. The van der Waals surface area contributed by atoms with Gasteiger partial charge in [-0.2, -0.15) is 17.5 Å². The first-order chi connectivity index (χ1) is 21.8. The molecule has 1 aliphatic rings. The molecule has 1 amide bonds. The normalized spacial score (nSPS) is 15.6. The molecular formula is C31H27Cl2F4N5O3S. The van der Waals surface area contributed by atoms with Crippen LogP contribution in [0.15, 0.2) is 77.7 Å². The van der Waals surface area contributed by atoms with Crippen molar-refractivity contribution in [3.8, 4) is 11.3 Å². The number of sulfonamides is 1. The third-order valence-electron chi connectivity index (χ3n) is 7.35. The Morgan fingerprint density at radius 2 is 1.70 bits per heavy atom. The van der Waals surface area contributed by atoms with E-state index in [1.54, 1.807) is 18.2 Å². The molecule has 0 saturated carbocycles. The predicted molar refractivity (Wildman–Crippen MR) is 166 cm³/mol. The number of benzene rings is 3. The van der Waals surface area contributed by atoms with E-state index in [1.807, 2.05) is 0 Å². The summed E-state index contributed by atoms with van der Waals surface area (Å²) in [6.07, 6.45) is -3.29. The summed E-state index contributed by atoms with van der Waals surface area (Å²) in [5, 5.41) is 6.80. The highest BCUT2D eigenvalue weighted by atomic mass is 35.5. The third kappa shape index (κ3) is 7.95. The van der Waals surface area contributed by atoms with Crippen LogP contribution in [0.2, 0.25) is 10.0 Å². The van der Waals surface area contributed by atoms with Gasteiger partial charge in [0.1, 0.15) is 11.9 Å². The topological polar surface area (TPSA) is 104 Å². The molecule has 0 aliphatic carbocycles. The number of hydrogen-bond donors (Lipinski definition) is 2. The minimum atomic E-state index is -4.51.